The Hall–Kier alpha value is -0.0200. The van der Waals surface area contributed by atoms with Gasteiger partial charge in [0, 0.05) is 0 Å². The molecule has 0 aliphatic carbocycles. The van der Waals surface area contributed by atoms with E-state index in [1.165, 1.54) is 0 Å². The maximum atomic E-state index is 11.8. The number of rotatable bonds is 1. The molecule has 2 nitrogen and oxygen atoms in total. The molecule has 0 aromatic carbocycles. The molecule has 0 atom stereocenters. The fourth-order valence-corrected chi connectivity index (χ4v) is 0.270. The second-order valence-electron chi connectivity index (χ2n) is 0.989. The minimum atomic E-state index is -2.91. The largest absolute Gasteiger partial charge is 0.465 e. The summed E-state index contributed by atoms with van der Waals surface area (Å²) in [5.41, 5.74) is 0. The maximum absolute atomic E-state index is 11.8. The quantitative estimate of drug-likeness (QED) is 0.427. The molecule has 0 fully saturated rings. The van der Waals surface area contributed by atoms with Crippen LogP contribution in [0.2, 0.25) is 0 Å². The summed E-state index contributed by atoms with van der Waals surface area (Å²) in [7, 11) is 0.988. The number of carbonyl (C=O) groups is 1. The number of methoxy groups -OCH3 is 1. The van der Waals surface area contributed by atoms with Crippen LogP contribution in [0.4, 0.5) is 4.39 Å². The minimum absolute atomic E-state index is 0.988. The van der Waals surface area contributed by atoms with Gasteiger partial charge in [-0.1, -0.05) is 23.2 Å². The number of esters is 1. The Kier molecular flexibility index (Phi) is 2.50. The van der Waals surface area contributed by atoms with Crippen LogP contribution in [0.5, 0.6) is 0 Å². The first-order valence-electron chi connectivity index (χ1n) is 1.63. The lowest BCUT2D eigenvalue weighted by atomic mass is 10.7. The first kappa shape index (κ1) is 7.98. The summed E-state index contributed by atoms with van der Waals surface area (Å²) in [5.74, 6) is -1.30. The van der Waals surface area contributed by atoms with Crippen molar-refractivity contribution in [3.05, 3.63) is 0 Å². The number of hydrogen-bond acceptors (Lipinski definition) is 2. The predicted octanol–water partition coefficient (Wildman–Crippen LogP) is 1.26. The molecule has 8 heavy (non-hydrogen) atoms. The average molecular weight is 161 g/mol. The topological polar surface area (TPSA) is 26.3 Å². The summed E-state index contributed by atoms with van der Waals surface area (Å²) < 4.78 is 12.8. The van der Waals surface area contributed by atoms with Crippen molar-refractivity contribution in [3.63, 3.8) is 0 Å². The molecule has 0 N–H and O–H groups in total. The fraction of sp³-hybridized carbons (Fsp3) is 0.667. The summed E-state index contributed by atoms with van der Waals surface area (Å²) in [6, 6.07) is 0. The molecule has 0 aliphatic heterocycles. The maximum Gasteiger partial charge on any atom is 0.375 e. The first-order valence-corrected chi connectivity index (χ1v) is 2.39. The standard InChI is InChI=1S/C3H3Cl2FO2/c1-8-2(7)3(4,5)6/h1H3. The molecule has 0 aromatic rings. The Morgan fingerprint density at radius 1 is 1.75 bits per heavy atom. The third-order valence-corrected chi connectivity index (χ3v) is 0.725. The highest BCUT2D eigenvalue weighted by molar-refractivity contribution is 6.56. The van der Waals surface area contributed by atoms with Crippen LogP contribution in [0.1, 0.15) is 0 Å². The number of ether oxygens (including phenoxy) is 1. The summed E-state index contributed by atoms with van der Waals surface area (Å²) in [6.07, 6.45) is 0. The van der Waals surface area contributed by atoms with Gasteiger partial charge in [0.1, 0.15) is 0 Å². The molecular formula is C3H3Cl2FO2. The third kappa shape index (κ3) is 2.33. The fourth-order valence-electron chi connectivity index (χ4n) is 0.116. The van der Waals surface area contributed by atoms with E-state index in [0.29, 0.717) is 0 Å². The minimum Gasteiger partial charge on any atom is -0.465 e. The lowest BCUT2D eigenvalue weighted by molar-refractivity contribution is -0.145. The number of halogens is 3. The molecule has 0 rings (SSSR count). The van der Waals surface area contributed by atoms with Crippen LogP contribution in [0, 0.1) is 0 Å². The zero-order chi connectivity index (χ0) is 6.78. The summed E-state index contributed by atoms with van der Waals surface area (Å²) >= 11 is 9.22. The van der Waals surface area contributed by atoms with Gasteiger partial charge >= 0.3 is 10.6 Å². The van der Waals surface area contributed by atoms with Gasteiger partial charge in [-0.2, -0.15) is 4.39 Å². The second-order valence-corrected chi connectivity index (χ2v) is 2.22. The predicted molar refractivity (Wildman–Crippen MR) is 27.6 cm³/mol. The molecule has 48 valence electrons. The number of hydrogen-bond donors (Lipinski definition) is 0. The monoisotopic (exact) mass is 160 g/mol. The van der Waals surface area contributed by atoms with Crippen LogP contribution >= 0.6 is 23.2 Å². The zero-order valence-electron chi connectivity index (χ0n) is 3.95. The van der Waals surface area contributed by atoms with Gasteiger partial charge in [0.2, 0.25) is 0 Å². The van der Waals surface area contributed by atoms with Gasteiger partial charge in [-0.3, -0.25) is 0 Å². The van der Waals surface area contributed by atoms with Crippen molar-refractivity contribution in [2.75, 3.05) is 7.11 Å². The van der Waals surface area contributed by atoms with Crippen LogP contribution in [0.15, 0.2) is 0 Å². The Bertz CT molecular complexity index is 97.9. The molecule has 5 heteroatoms. The molecule has 0 spiro atoms. The highest BCUT2D eigenvalue weighted by Gasteiger charge is 2.34. The van der Waals surface area contributed by atoms with E-state index in [4.69, 9.17) is 0 Å². The van der Waals surface area contributed by atoms with Gasteiger partial charge < -0.3 is 4.74 Å². The molecule has 0 saturated heterocycles. The number of alkyl halides is 3. The molecule has 0 aromatic heterocycles. The van der Waals surface area contributed by atoms with Crippen molar-refractivity contribution in [2.45, 2.75) is 4.59 Å². The first-order chi connectivity index (χ1) is 3.48. The van der Waals surface area contributed by atoms with Crippen molar-refractivity contribution in [2.24, 2.45) is 0 Å². The highest BCUT2D eigenvalue weighted by atomic mass is 35.5. The van der Waals surface area contributed by atoms with Crippen LogP contribution in [0.3, 0.4) is 0 Å². The second kappa shape index (κ2) is 2.51. The Morgan fingerprint density at radius 3 is 2.12 bits per heavy atom. The molecule has 0 radical (unpaired) electrons. The summed E-state index contributed by atoms with van der Waals surface area (Å²) in [5, 5.41) is 0. The van der Waals surface area contributed by atoms with E-state index in [2.05, 4.69) is 27.9 Å². The van der Waals surface area contributed by atoms with Gasteiger partial charge in [0.25, 0.3) is 0 Å². The van der Waals surface area contributed by atoms with Crippen molar-refractivity contribution >= 4 is 29.2 Å². The smallest absolute Gasteiger partial charge is 0.375 e. The van der Waals surface area contributed by atoms with Gasteiger partial charge in [-0.15, -0.1) is 0 Å². The van der Waals surface area contributed by atoms with Crippen molar-refractivity contribution < 1.29 is 13.9 Å². The molecule has 0 aliphatic rings. The van der Waals surface area contributed by atoms with Gasteiger partial charge in [-0.25, -0.2) is 4.79 Å². The molecule has 0 bridgehead atoms. The van der Waals surface area contributed by atoms with E-state index in [9.17, 15) is 9.18 Å². The number of carbonyl (C=O) groups excluding carboxylic acids is 1. The Labute approximate surface area is 55.5 Å². The van der Waals surface area contributed by atoms with Gasteiger partial charge in [0.15, 0.2) is 0 Å². The van der Waals surface area contributed by atoms with Crippen molar-refractivity contribution in [1.29, 1.82) is 0 Å². The van der Waals surface area contributed by atoms with E-state index in [1.807, 2.05) is 0 Å². The van der Waals surface area contributed by atoms with E-state index in [-0.39, 0.29) is 0 Å². The van der Waals surface area contributed by atoms with Crippen molar-refractivity contribution in [3.8, 4) is 0 Å². The zero-order valence-corrected chi connectivity index (χ0v) is 5.46. The lowest BCUT2D eigenvalue weighted by Crippen LogP contribution is -2.21. The van der Waals surface area contributed by atoms with Crippen LogP contribution in [-0.2, 0) is 9.53 Å². The van der Waals surface area contributed by atoms with Crippen molar-refractivity contribution in [1.82, 2.24) is 0 Å². The Morgan fingerprint density at radius 2 is 2.12 bits per heavy atom. The molecule has 0 unspecified atom stereocenters. The third-order valence-electron chi connectivity index (χ3n) is 0.417. The van der Waals surface area contributed by atoms with Gasteiger partial charge in [-0.05, 0) is 0 Å². The van der Waals surface area contributed by atoms with E-state index in [1.54, 1.807) is 0 Å². The molecule has 0 saturated carbocycles. The van der Waals surface area contributed by atoms with Crippen LogP contribution in [0.25, 0.3) is 0 Å². The van der Waals surface area contributed by atoms with Crippen LogP contribution < -0.4 is 0 Å². The summed E-state index contributed by atoms with van der Waals surface area (Å²) in [4.78, 5) is 9.97. The van der Waals surface area contributed by atoms with E-state index < -0.39 is 10.6 Å². The molecule has 0 amide bonds. The average Bonchev–Trinajstić information content (AvgIpc) is 1.62. The van der Waals surface area contributed by atoms with E-state index in [0.717, 1.165) is 7.11 Å². The summed E-state index contributed by atoms with van der Waals surface area (Å²) in [6.45, 7) is 0. The van der Waals surface area contributed by atoms with Gasteiger partial charge in [0.05, 0.1) is 7.11 Å². The molecule has 0 heterocycles. The Balaban J connectivity index is 3.82. The molecular weight excluding hydrogens is 158 g/mol. The van der Waals surface area contributed by atoms with E-state index >= 15 is 0 Å². The normalized spacial score (nSPS) is 11.0. The van der Waals surface area contributed by atoms with Crippen LogP contribution in [-0.4, -0.2) is 17.7 Å². The lowest BCUT2D eigenvalue weighted by Gasteiger charge is -2.03. The highest BCUT2D eigenvalue weighted by Crippen LogP contribution is 2.23. The SMILES string of the molecule is COC(=O)C(F)(Cl)Cl.